The predicted octanol–water partition coefficient (Wildman–Crippen LogP) is 4.48. The third-order valence-corrected chi connectivity index (χ3v) is 4.13. The summed E-state index contributed by atoms with van der Waals surface area (Å²) in [5, 5.41) is 2.69. The molecule has 0 bridgehead atoms. The van der Waals surface area contributed by atoms with Crippen LogP contribution in [0.2, 0.25) is 0 Å². The van der Waals surface area contributed by atoms with E-state index in [1.165, 1.54) is 17.4 Å². The van der Waals surface area contributed by atoms with E-state index in [0.717, 1.165) is 16.8 Å². The van der Waals surface area contributed by atoms with Gasteiger partial charge < -0.3 is 5.73 Å². The Labute approximate surface area is 127 Å². The summed E-state index contributed by atoms with van der Waals surface area (Å²) >= 11 is 4.51. The average molecular weight is 365 g/mol. The first-order chi connectivity index (χ1) is 9.27. The molecule has 0 fully saturated rings. The standard InChI is InChI=1S/C13H12BrF3N2S/c1-7-19-9(6-20-7)5-12(18)10-3-2-8(14)4-11(10)13(15,16)17/h2-4,6,12H,5,18H2,1H3. The van der Waals surface area contributed by atoms with Gasteiger partial charge in [-0.3, -0.25) is 0 Å². The van der Waals surface area contributed by atoms with Crippen molar-refractivity contribution in [2.24, 2.45) is 5.73 Å². The van der Waals surface area contributed by atoms with E-state index >= 15 is 0 Å². The Morgan fingerprint density at radius 2 is 2.10 bits per heavy atom. The molecular weight excluding hydrogens is 353 g/mol. The van der Waals surface area contributed by atoms with Gasteiger partial charge in [-0.1, -0.05) is 22.0 Å². The molecule has 2 aromatic rings. The van der Waals surface area contributed by atoms with Crippen LogP contribution in [-0.4, -0.2) is 4.98 Å². The predicted molar refractivity (Wildman–Crippen MR) is 76.6 cm³/mol. The number of rotatable bonds is 3. The molecule has 0 saturated heterocycles. The molecule has 0 saturated carbocycles. The zero-order valence-corrected chi connectivity index (χ0v) is 12.9. The van der Waals surface area contributed by atoms with Gasteiger partial charge >= 0.3 is 6.18 Å². The first-order valence-corrected chi connectivity index (χ1v) is 7.48. The molecule has 0 aliphatic heterocycles. The molecular formula is C13H12BrF3N2S. The number of thiazole rings is 1. The fourth-order valence-corrected chi connectivity index (χ4v) is 2.92. The van der Waals surface area contributed by atoms with Gasteiger partial charge in [0, 0.05) is 22.3 Å². The smallest absolute Gasteiger partial charge is 0.324 e. The summed E-state index contributed by atoms with van der Waals surface area (Å²) in [5.41, 5.74) is 6.04. The van der Waals surface area contributed by atoms with Crippen molar-refractivity contribution < 1.29 is 13.2 Å². The third-order valence-electron chi connectivity index (χ3n) is 2.82. The van der Waals surface area contributed by atoms with Crippen LogP contribution >= 0.6 is 27.3 Å². The van der Waals surface area contributed by atoms with Gasteiger partial charge in [-0.15, -0.1) is 11.3 Å². The van der Waals surface area contributed by atoms with Crippen LogP contribution in [0.25, 0.3) is 0 Å². The molecule has 1 unspecified atom stereocenters. The van der Waals surface area contributed by atoms with E-state index in [1.54, 1.807) is 6.07 Å². The summed E-state index contributed by atoms with van der Waals surface area (Å²) in [6.07, 6.45) is -4.14. The van der Waals surface area contributed by atoms with Crippen LogP contribution in [0.1, 0.15) is 27.9 Å². The summed E-state index contributed by atoms with van der Waals surface area (Å²) in [4.78, 5) is 4.23. The Hall–Kier alpha value is -0.920. The molecule has 1 heterocycles. The zero-order valence-electron chi connectivity index (χ0n) is 10.5. The van der Waals surface area contributed by atoms with Gasteiger partial charge in [0.1, 0.15) is 0 Å². The summed E-state index contributed by atoms with van der Waals surface area (Å²) < 4.78 is 39.5. The van der Waals surface area contributed by atoms with Crippen molar-refractivity contribution in [3.63, 3.8) is 0 Å². The van der Waals surface area contributed by atoms with Crippen molar-refractivity contribution in [1.29, 1.82) is 0 Å². The number of aryl methyl sites for hydroxylation is 1. The fourth-order valence-electron chi connectivity index (χ4n) is 1.93. The summed E-state index contributed by atoms with van der Waals surface area (Å²) in [6.45, 7) is 1.85. The molecule has 2 rings (SSSR count). The molecule has 1 aromatic heterocycles. The molecule has 2 N–H and O–H groups in total. The Kier molecular flexibility index (Phi) is 4.51. The number of benzene rings is 1. The van der Waals surface area contributed by atoms with Gasteiger partial charge in [0.25, 0.3) is 0 Å². The van der Waals surface area contributed by atoms with Gasteiger partial charge in [0.2, 0.25) is 0 Å². The Balaban J connectivity index is 2.32. The zero-order chi connectivity index (χ0) is 14.9. The van der Waals surface area contributed by atoms with Crippen LogP contribution in [0.4, 0.5) is 13.2 Å². The third kappa shape index (κ3) is 3.59. The molecule has 0 radical (unpaired) electrons. The fraction of sp³-hybridized carbons (Fsp3) is 0.308. The van der Waals surface area contributed by atoms with Gasteiger partial charge in [0.05, 0.1) is 16.3 Å². The van der Waals surface area contributed by atoms with Crippen molar-refractivity contribution in [1.82, 2.24) is 4.98 Å². The maximum absolute atomic E-state index is 13.0. The first-order valence-electron chi connectivity index (χ1n) is 5.80. The van der Waals surface area contributed by atoms with Crippen molar-refractivity contribution >= 4 is 27.3 Å². The highest BCUT2D eigenvalue weighted by Gasteiger charge is 2.34. The summed E-state index contributed by atoms with van der Waals surface area (Å²) in [6, 6.07) is 3.30. The maximum atomic E-state index is 13.0. The number of nitrogens with two attached hydrogens (primary N) is 1. The number of hydrogen-bond donors (Lipinski definition) is 1. The second-order valence-electron chi connectivity index (χ2n) is 4.40. The van der Waals surface area contributed by atoms with E-state index in [9.17, 15) is 13.2 Å². The lowest BCUT2D eigenvalue weighted by atomic mass is 9.97. The molecule has 20 heavy (non-hydrogen) atoms. The molecule has 0 amide bonds. The Morgan fingerprint density at radius 3 is 2.65 bits per heavy atom. The number of nitrogens with zero attached hydrogens (tertiary/aromatic N) is 1. The van der Waals surface area contributed by atoms with Crippen LogP contribution in [0.3, 0.4) is 0 Å². The summed E-state index contributed by atoms with van der Waals surface area (Å²) in [5.74, 6) is 0. The molecule has 108 valence electrons. The Bertz CT molecular complexity index is 610. The molecule has 1 atom stereocenters. The second kappa shape index (κ2) is 5.83. The van der Waals surface area contributed by atoms with Gasteiger partial charge in [-0.2, -0.15) is 13.2 Å². The van der Waals surface area contributed by atoms with E-state index in [1.807, 2.05) is 12.3 Å². The highest BCUT2D eigenvalue weighted by Crippen LogP contribution is 2.36. The lowest BCUT2D eigenvalue weighted by Gasteiger charge is -2.18. The number of alkyl halides is 3. The highest BCUT2D eigenvalue weighted by molar-refractivity contribution is 9.10. The first kappa shape index (κ1) is 15.5. The molecule has 2 nitrogen and oxygen atoms in total. The minimum absolute atomic E-state index is 0.0892. The topological polar surface area (TPSA) is 38.9 Å². The minimum Gasteiger partial charge on any atom is -0.324 e. The molecule has 1 aromatic carbocycles. The minimum atomic E-state index is -4.42. The van der Waals surface area contributed by atoms with Gasteiger partial charge in [0.15, 0.2) is 0 Å². The van der Waals surface area contributed by atoms with Crippen LogP contribution in [-0.2, 0) is 12.6 Å². The lowest BCUT2D eigenvalue weighted by Crippen LogP contribution is -2.19. The van der Waals surface area contributed by atoms with Crippen LogP contribution in [0.15, 0.2) is 28.1 Å². The highest BCUT2D eigenvalue weighted by atomic mass is 79.9. The number of aromatic nitrogens is 1. The van der Waals surface area contributed by atoms with E-state index in [0.29, 0.717) is 4.47 Å². The monoisotopic (exact) mass is 364 g/mol. The van der Waals surface area contributed by atoms with E-state index in [4.69, 9.17) is 5.73 Å². The molecule has 0 spiro atoms. The van der Waals surface area contributed by atoms with E-state index < -0.39 is 17.8 Å². The number of halogens is 4. The van der Waals surface area contributed by atoms with Crippen molar-refractivity contribution in [3.8, 4) is 0 Å². The second-order valence-corrected chi connectivity index (χ2v) is 6.38. The molecule has 0 aliphatic carbocycles. The Morgan fingerprint density at radius 1 is 1.40 bits per heavy atom. The average Bonchev–Trinajstić information content (AvgIpc) is 2.73. The molecule has 0 aliphatic rings. The molecule has 7 heteroatoms. The van der Waals surface area contributed by atoms with E-state index in [2.05, 4.69) is 20.9 Å². The van der Waals surface area contributed by atoms with Crippen molar-refractivity contribution in [3.05, 3.63) is 49.9 Å². The van der Waals surface area contributed by atoms with Crippen LogP contribution < -0.4 is 5.73 Å². The SMILES string of the molecule is Cc1nc(CC(N)c2ccc(Br)cc2C(F)(F)F)cs1. The number of hydrogen-bond acceptors (Lipinski definition) is 3. The van der Waals surface area contributed by atoms with Crippen LogP contribution in [0.5, 0.6) is 0 Å². The van der Waals surface area contributed by atoms with E-state index in [-0.39, 0.29) is 12.0 Å². The maximum Gasteiger partial charge on any atom is 0.416 e. The normalized spacial score (nSPS) is 13.5. The largest absolute Gasteiger partial charge is 0.416 e. The van der Waals surface area contributed by atoms with Crippen molar-refractivity contribution in [2.45, 2.75) is 25.6 Å². The lowest BCUT2D eigenvalue weighted by molar-refractivity contribution is -0.138. The van der Waals surface area contributed by atoms with Crippen molar-refractivity contribution in [2.75, 3.05) is 0 Å². The summed E-state index contributed by atoms with van der Waals surface area (Å²) in [7, 11) is 0. The van der Waals surface area contributed by atoms with Gasteiger partial charge in [-0.25, -0.2) is 4.98 Å². The quantitative estimate of drug-likeness (QED) is 0.872. The van der Waals surface area contributed by atoms with Gasteiger partial charge in [-0.05, 0) is 24.6 Å². The van der Waals surface area contributed by atoms with Crippen LogP contribution in [0, 0.1) is 6.92 Å².